The van der Waals surface area contributed by atoms with Gasteiger partial charge in [0.15, 0.2) is 0 Å². The zero-order chi connectivity index (χ0) is 17.1. The highest BCUT2D eigenvalue weighted by molar-refractivity contribution is 5.86. The molecule has 0 spiro atoms. The van der Waals surface area contributed by atoms with Gasteiger partial charge in [-0.3, -0.25) is 9.80 Å². The van der Waals surface area contributed by atoms with E-state index in [0.29, 0.717) is 18.5 Å². The lowest BCUT2D eigenvalue weighted by Crippen LogP contribution is -2.30. The zero-order valence-electron chi connectivity index (χ0n) is 15.0. The van der Waals surface area contributed by atoms with Crippen molar-refractivity contribution in [2.75, 3.05) is 25.0 Å². The lowest BCUT2D eigenvalue weighted by Gasteiger charge is -2.29. The summed E-state index contributed by atoms with van der Waals surface area (Å²) in [5, 5.41) is 9.63. The summed E-state index contributed by atoms with van der Waals surface area (Å²) in [5.74, 6) is 0.612. The standard InChI is InChI=1S/C20H30N2O2/c1-3-4-5-6-7-11-22(20(23)24)16-8-9-17-18(14-16)15-10-12-21(2)19(17)13-15/h8-9,14-15,19H,3-7,10-13H2,1-2H3,(H,23,24). The molecule has 1 saturated heterocycles. The molecular formula is C20H30N2O2. The predicted octanol–water partition coefficient (Wildman–Crippen LogP) is 5.01. The van der Waals surface area contributed by atoms with Crippen LogP contribution in [0, 0.1) is 0 Å². The molecule has 2 atom stereocenters. The van der Waals surface area contributed by atoms with E-state index >= 15 is 0 Å². The van der Waals surface area contributed by atoms with E-state index in [-0.39, 0.29) is 0 Å². The van der Waals surface area contributed by atoms with Crippen LogP contribution in [0.2, 0.25) is 0 Å². The maximum atomic E-state index is 11.7. The summed E-state index contributed by atoms with van der Waals surface area (Å²) in [7, 11) is 2.20. The van der Waals surface area contributed by atoms with Crippen LogP contribution in [0.5, 0.6) is 0 Å². The van der Waals surface area contributed by atoms with Gasteiger partial charge in [0.25, 0.3) is 0 Å². The van der Waals surface area contributed by atoms with Gasteiger partial charge in [0.05, 0.1) is 0 Å². The highest BCUT2D eigenvalue weighted by atomic mass is 16.4. The molecule has 1 fully saturated rings. The van der Waals surface area contributed by atoms with E-state index in [1.54, 1.807) is 0 Å². The van der Waals surface area contributed by atoms with E-state index in [2.05, 4.69) is 31.0 Å². The summed E-state index contributed by atoms with van der Waals surface area (Å²) >= 11 is 0. The first-order valence-electron chi connectivity index (χ1n) is 9.46. The van der Waals surface area contributed by atoms with Crippen molar-refractivity contribution in [1.82, 2.24) is 4.90 Å². The van der Waals surface area contributed by atoms with Gasteiger partial charge in [-0.15, -0.1) is 0 Å². The molecule has 1 aromatic rings. The van der Waals surface area contributed by atoms with Crippen LogP contribution >= 0.6 is 0 Å². The lowest BCUT2D eigenvalue weighted by molar-refractivity contribution is 0.192. The molecule has 2 aliphatic rings. The summed E-state index contributed by atoms with van der Waals surface area (Å²) < 4.78 is 0. The number of hydrogen-bond donors (Lipinski definition) is 1. The normalized spacial score (nSPS) is 22.4. The minimum absolute atomic E-state index is 0.528. The third-order valence-corrected chi connectivity index (χ3v) is 5.77. The molecule has 0 radical (unpaired) electrons. The predicted molar refractivity (Wildman–Crippen MR) is 97.9 cm³/mol. The molecule has 4 nitrogen and oxygen atoms in total. The second-order valence-electron chi connectivity index (χ2n) is 7.38. The molecule has 132 valence electrons. The van der Waals surface area contributed by atoms with Gasteiger partial charge < -0.3 is 5.11 Å². The van der Waals surface area contributed by atoms with Gasteiger partial charge in [-0.05, 0) is 62.0 Å². The maximum absolute atomic E-state index is 11.7. The molecule has 1 heterocycles. The number of likely N-dealkylation sites (tertiary alicyclic amines) is 1. The average molecular weight is 330 g/mol. The second-order valence-corrected chi connectivity index (χ2v) is 7.38. The zero-order valence-corrected chi connectivity index (χ0v) is 15.0. The summed E-state index contributed by atoms with van der Waals surface area (Å²) in [5.41, 5.74) is 3.66. The van der Waals surface area contributed by atoms with Crippen molar-refractivity contribution in [1.29, 1.82) is 0 Å². The van der Waals surface area contributed by atoms with Crippen molar-refractivity contribution in [2.45, 2.75) is 63.8 Å². The SMILES string of the molecule is CCCCCCCN(C(=O)O)c1ccc2c(c1)C1CCN(C)C2C1. The van der Waals surface area contributed by atoms with Crippen molar-refractivity contribution in [3.05, 3.63) is 29.3 Å². The van der Waals surface area contributed by atoms with E-state index in [9.17, 15) is 9.90 Å². The Morgan fingerprint density at radius 3 is 2.79 bits per heavy atom. The van der Waals surface area contributed by atoms with Gasteiger partial charge in [-0.2, -0.15) is 0 Å². The molecule has 1 aliphatic carbocycles. The Bertz CT molecular complexity index is 587. The number of anilines is 1. The monoisotopic (exact) mass is 330 g/mol. The first-order valence-corrected chi connectivity index (χ1v) is 9.46. The van der Waals surface area contributed by atoms with Crippen LogP contribution in [-0.4, -0.2) is 36.2 Å². The molecule has 3 rings (SSSR count). The van der Waals surface area contributed by atoms with Gasteiger partial charge in [0.2, 0.25) is 0 Å². The topological polar surface area (TPSA) is 43.8 Å². The van der Waals surface area contributed by atoms with E-state index < -0.39 is 6.09 Å². The largest absolute Gasteiger partial charge is 0.465 e. The summed E-state index contributed by atoms with van der Waals surface area (Å²) in [4.78, 5) is 15.7. The molecule has 0 aromatic heterocycles. The fourth-order valence-corrected chi connectivity index (χ4v) is 4.33. The van der Waals surface area contributed by atoms with Crippen LogP contribution in [-0.2, 0) is 0 Å². The minimum Gasteiger partial charge on any atom is -0.465 e. The number of nitrogens with zero attached hydrogens (tertiary/aromatic N) is 2. The molecule has 4 heteroatoms. The van der Waals surface area contributed by atoms with Crippen LogP contribution < -0.4 is 4.90 Å². The number of piperidine rings is 1. The highest BCUT2D eigenvalue weighted by Gasteiger charge is 2.37. The van der Waals surface area contributed by atoms with Crippen LogP contribution in [0.1, 0.15) is 75.0 Å². The van der Waals surface area contributed by atoms with E-state index in [0.717, 1.165) is 25.1 Å². The first-order chi connectivity index (χ1) is 11.6. The number of rotatable bonds is 7. The molecule has 1 aromatic carbocycles. The van der Waals surface area contributed by atoms with Gasteiger partial charge in [-0.1, -0.05) is 38.7 Å². The first kappa shape index (κ1) is 17.3. The van der Waals surface area contributed by atoms with Gasteiger partial charge in [0.1, 0.15) is 0 Å². The van der Waals surface area contributed by atoms with Crippen molar-refractivity contribution >= 4 is 11.8 Å². The number of amides is 1. The molecular weight excluding hydrogens is 300 g/mol. The molecule has 1 N–H and O–H groups in total. The van der Waals surface area contributed by atoms with Gasteiger partial charge in [0, 0.05) is 18.3 Å². The third kappa shape index (κ3) is 3.44. The van der Waals surface area contributed by atoms with Crippen LogP contribution in [0.25, 0.3) is 0 Å². The van der Waals surface area contributed by atoms with E-state index in [4.69, 9.17) is 0 Å². The van der Waals surface area contributed by atoms with Crippen LogP contribution in [0.3, 0.4) is 0 Å². The maximum Gasteiger partial charge on any atom is 0.411 e. The molecule has 1 aliphatic heterocycles. The molecule has 1 amide bonds. The summed E-state index contributed by atoms with van der Waals surface area (Å²) in [6, 6.07) is 6.86. The fraction of sp³-hybridized carbons (Fsp3) is 0.650. The minimum atomic E-state index is -0.830. The molecule has 0 saturated carbocycles. The second kappa shape index (κ2) is 7.56. The van der Waals surface area contributed by atoms with Crippen molar-refractivity contribution < 1.29 is 9.90 Å². The smallest absolute Gasteiger partial charge is 0.411 e. The van der Waals surface area contributed by atoms with Crippen molar-refractivity contribution in [3.8, 4) is 0 Å². The quantitative estimate of drug-likeness (QED) is 0.715. The Morgan fingerprint density at radius 1 is 1.25 bits per heavy atom. The number of benzene rings is 1. The summed E-state index contributed by atoms with van der Waals surface area (Å²) in [6.07, 6.45) is 7.25. The number of carboxylic acid groups (broad SMARTS) is 1. The van der Waals surface area contributed by atoms with Crippen LogP contribution in [0.4, 0.5) is 10.5 Å². The Kier molecular flexibility index (Phi) is 5.44. The number of carbonyl (C=O) groups is 1. The molecule has 2 unspecified atom stereocenters. The Morgan fingerprint density at radius 2 is 2.04 bits per heavy atom. The number of hydrogen-bond acceptors (Lipinski definition) is 2. The van der Waals surface area contributed by atoms with Gasteiger partial charge in [-0.25, -0.2) is 4.79 Å². The molecule has 24 heavy (non-hydrogen) atoms. The van der Waals surface area contributed by atoms with Gasteiger partial charge >= 0.3 is 6.09 Å². The average Bonchev–Trinajstić information content (AvgIpc) is 2.88. The lowest BCUT2D eigenvalue weighted by atomic mass is 9.95. The Hall–Kier alpha value is -1.55. The number of fused-ring (bicyclic) bond motifs is 5. The van der Waals surface area contributed by atoms with Crippen molar-refractivity contribution in [3.63, 3.8) is 0 Å². The van der Waals surface area contributed by atoms with E-state index in [1.165, 1.54) is 48.1 Å². The van der Waals surface area contributed by atoms with Crippen LogP contribution in [0.15, 0.2) is 18.2 Å². The third-order valence-electron chi connectivity index (χ3n) is 5.77. The number of unbranched alkanes of at least 4 members (excludes halogenated alkanes) is 4. The highest BCUT2D eigenvalue weighted by Crippen LogP contribution is 2.49. The Labute approximate surface area is 145 Å². The molecule has 2 bridgehead atoms. The van der Waals surface area contributed by atoms with E-state index in [1.807, 2.05) is 6.07 Å². The van der Waals surface area contributed by atoms with Crippen molar-refractivity contribution in [2.24, 2.45) is 0 Å². The summed E-state index contributed by atoms with van der Waals surface area (Å²) in [6.45, 7) is 3.94. The fourth-order valence-electron chi connectivity index (χ4n) is 4.33. The Balaban J connectivity index is 1.72.